The largest absolute Gasteiger partial charge is 0.267 e. The van der Waals surface area contributed by atoms with E-state index >= 15 is 0 Å². The molecule has 0 bridgehead atoms. The highest BCUT2D eigenvalue weighted by atomic mass is 79.9. The van der Waals surface area contributed by atoms with Crippen molar-refractivity contribution in [1.82, 2.24) is 9.78 Å². The van der Waals surface area contributed by atoms with Crippen LogP contribution in [-0.4, -0.2) is 9.78 Å². The molecule has 0 atom stereocenters. The molecule has 0 spiro atoms. The number of halogens is 2. The lowest BCUT2D eigenvalue weighted by atomic mass is 10.1. The summed E-state index contributed by atoms with van der Waals surface area (Å²) in [7, 11) is 1.82. The summed E-state index contributed by atoms with van der Waals surface area (Å²) >= 11 is 9.35. The Bertz CT molecular complexity index is 564. The van der Waals surface area contributed by atoms with Gasteiger partial charge < -0.3 is 0 Å². The van der Waals surface area contributed by atoms with Gasteiger partial charge in [-0.05, 0) is 34.1 Å². The summed E-state index contributed by atoms with van der Waals surface area (Å²) in [6.07, 6.45) is 1.69. The van der Waals surface area contributed by atoms with Crippen molar-refractivity contribution in [1.29, 1.82) is 5.26 Å². The number of nitriles is 1. The maximum atomic E-state index is 9.05. The van der Waals surface area contributed by atoms with Crippen LogP contribution in [0, 0.1) is 11.3 Å². The Balaban J connectivity index is 2.73. The molecule has 3 nitrogen and oxygen atoms in total. The highest BCUT2D eigenvalue weighted by Gasteiger charge is 2.13. The van der Waals surface area contributed by atoms with Crippen molar-refractivity contribution in [3.63, 3.8) is 0 Å². The summed E-state index contributed by atoms with van der Waals surface area (Å²) in [6.45, 7) is 0. The number of benzene rings is 1. The lowest BCUT2D eigenvalue weighted by Gasteiger charge is -2.06. The molecule has 0 aliphatic carbocycles. The summed E-state index contributed by atoms with van der Waals surface area (Å²) in [5.74, 6) is 0. The third-order valence-corrected chi connectivity index (χ3v) is 3.07. The molecular formula is C11H7BrClN3. The number of aromatic nitrogens is 2. The van der Waals surface area contributed by atoms with E-state index < -0.39 is 0 Å². The monoisotopic (exact) mass is 295 g/mol. The Morgan fingerprint density at radius 3 is 2.81 bits per heavy atom. The van der Waals surface area contributed by atoms with E-state index in [1.807, 2.05) is 7.05 Å². The minimum atomic E-state index is 0.578. The second-order valence-electron chi connectivity index (χ2n) is 3.27. The smallest absolute Gasteiger partial charge is 0.0998 e. The lowest BCUT2D eigenvalue weighted by molar-refractivity contribution is 0.775. The minimum Gasteiger partial charge on any atom is -0.267 e. The van der Waals surface area contributed by atoms with Gasteiger partial charge in [0.25, 0.3) is 0 Å². The van der Waals surface area contributed by atoms with Crippen molar-refractivity contribution >= 4 is 27.5 Å². The van der Waals surface area contributed by atoms with Crippen molar-refractivity contribution in [2.45, 2.75) is 0 Å². The second kappa shape index (κ2) is 4.28. The summed E-state index contributed by atoms with van der Waals surface area (Å²) in [4.78, 5) is 0. The quantitative estimate of drug-likeness (QED) is 0.809. The maximum Gasteiger partial charge on any atom is 0.0998 e. The van der Waals surface area contributed by atoms with Crippen molar-refractivity contribution in [3.05, 3.63) is 39.5 Å². The van der Waals surface area contributed by atoms with Gasteiger partial charge in [0.2, 0.25) is 0 Å². The van der Waals surface area contributed by atoms with E-state index in [1.165, 1.54) is 0 Å². The normalized spacial score (nSPS) is 10.1. The van der Waals surface area contributed by atoms with Crippen LogP contribution in [0.5, 0.6) is 0 Å². The zero-order valence-corrected chi connectivity index (χ0v) is 10.7. The zero-order chi connectivity index (χ0) is 11.7. The van der Waals surface area contributed by atoms with Gasteiger partial charge in [0.1, 0.15) is 0 Å². The van der Waals surface area contributed by atoms with E-state index in [9.17, 15) is 0 Å². The van der Waals surface area contributed by atoms with Crippen molar-refractivity contribution < 1.29 is 0 Å². The molecule has 2 rings (SSSR count). The third kappa shape index (κ3) is 1.84. The van der Waals surface area contributed by atoms with E-state index in [4.69, 9.17) is 16.9 Å². The highest BCUT2D eigenvalue weighted by molar-refractivity contribution is 9.10. The fourth-order valence-electron chi connectivity index (χ4n) is 1.52. The Kier molecular flexibility index (Phi) is 2.99. The number of hydrogen-bond donors (Lipinski definition) is 0. The standard InChI is InChI=1S/C11H7BrClN3/c1-16-11(10(12)6-15-16)9-4-8(13)3-2-7(9)5-14/h2-4,6H,1H3. The molecule has 16 heavy (non-hydrogen) atoms. The van der Waals surface area contributed by atoms with Crippen LogP contribution in [0.3, 0.4) is 0 Å². The topological polar surface area (TPSA) is 41.6 Å². The fourth-order valence-corrected chi connectivity index (χ4v) is 2.26. The summed E-state index contributed by atoms with van der Waals surface area (Å²) in [5.41, 5.74) is 2.20. The van der Waals surface area contributed by atoms with Crippen molar-refractivity contribution in [3.8, 4) is 17.3 Å². The van der Waals surface area contributed by atoms with E-state index in [1.54, 1.807) is 29.1 Å². The molecule has 0 fully saturated rings. The van der Waals surface area contributed by atoms with Crippen molar-refractivity contribution in [2.75, 3.05) is 0 Å². The third-order valence-electron chi connectivity index (χ3n) is 2.25. The first-order valence-corrected chi connectivity index (χ1v) is 5.68. The Morgan fingerprint density at radius 1 is 1.50 bits per heavy atom. The molecule has 80 valence electrons. The minimum absolute atomic E-state index is 0.578. The molecule has 1 aromatic heterocycles. The number of aryl methyl sites for hydroxylation is 1. The van der Waals surface area contributed by atoms with Crippen LogP contribution in [0.4, 0.5) is 0 Å². The molecule has 0 aliphatic rings. The molecular weight excluding hydrogens is 289 g/mol. The molecule has 0 saturated heterocycles. The predicted molar refractivity (Wildman–Crippen MR) is 66.1 cm³/mol. The van der Waals surface area contributed by atoms with Gasteiger partial charge in [0.05, 0.1) is 28.0 Å². The van der Waals surface area contributed by atoms with Gasteiger partial charge in [-0.3, -0.25) is 4.68 Å². The molecule has 1 aromatic carbocycles. The van der Waals surface area contributed by atoms with Gasteiger partial charge in [-0.2, -0.15) is 10.4 Å². The molecule has 0 unspecified atom stereocenters. The average molecular weight is 297 g/mol. The van der Waals surface area contributed by atoms with Crippen LogP contribution < -0.4 is 0 Å². The first kappa shape index (κ1) is 11.2. The SMILES string of the molecule is Cn1ncc(Br)c1-c1cc(Cl)ccc1C#N. The number of nitrogens with zero attached hydrogens (tertiary/aromatic N) is 3. The predicted octanol–water partition coefficient (Wildman–Crippen LogP) is 3.37. The zero-order valence-electron chi connectivity index (χ0n) is 8.41. The fraction of sp³-hybridized carbons (Fsp3) is 0.0909. The van der Waals surface area contributed by atoms with Gasteiger partial charge in [-0.25, -0.2) is 0 Å². The summed E-state index contributed by atoms with van der Waals surface area (Å²) < 4.78 is 2.55. The van der Waals surface area contributed by atoms with Crippen molar-refractivity contribution in [2.24, 2.45) is 7.05 Å². The van der Waals surface area contributed by atoms with Crippen LogP contribution in [0.1, 0.15) is 5.56 Å². The number of rotatable bonds is 1. The highest BCUT2D eigenvalue weighted by Crippen LogP contribution is 2.31. The first-order valence-electron chi connectivity index (χ1n) is 4.51. The molecule has 1 heterocycles. The van der Waals surface area contributed by atoms with Gasteiger partial charge in [-0.1, -0.05) is 11.6 Å². The van der Waals surface area contributed by atoms with Gasteiger partial charge in [-0.15, -0.1) is 0 Å². The maximum absolute atomic E-state index is 9.05. The Morgan fingerprint density at radius 2 is 2.25 bits per heavy atom. The molecule has 0 radical (unpaired) electrons. The van der Waals surface area contributed by atoms with E-state index in [-0.39, 0.29) is 0 Å². The van der Waals surface area contributed by atoms with Crippen LogP contribution in [0.15, 0.2) is 28.9 Å². The van der Waals surface area contributed by atoms with Gasteiger partial charge in [0.15, 0.2) is 0 Å². The second-order valence-corrected chi connectivity index (χ2v) is 4.56. The number of hydrogen-bond acceptors (Lipinski definition) is 2. The molecule has 0 amide bonds. The first-order chi connectivity index (χ1) is 7.63. The Labute approximate surface area is 106 Å². The van der Waals surface area contributed by atoms with E-state index in [0.29, 0.717) is 10.6 Å². The molecule has 0 aliphatic heterocycles. The average Bonchev–Trinajstić information content (AvgIpc) is 2.58. The molecule has 5 heteroatoms. The van der Waals surface area contributed by atoms with Crippen LogP contribution >= 0.6 is 27.5 Å². The summed E-state index contributed by atoms with van der Waals surface area (Å²) in [6, 6.07) is 7.32. The Hall–Kier alpha value is -1.31. The summed E-state index contributed by atoms with van der Waals surface area (Å²) in [5, 5.41) is 13.8. The van der Waals surface area contributed by atoms with Crippen LogP contribution in [-0.2, 0) is 7.05 Å². The molecule has 0 saturated carbocycles. The van der Waals surface area contributed by atoms with Crippen LogP contribution in [0.2, 0.25) is 5.02 Å². The molecule has 2 aromatic rings. The van der Waals surface area contributed by atoms with Gasteiger partial charge >= 0.3 is 0 Å². The van der Waals surface area contributed by atoms with E-state index in [0.717, 1.165) is 15.7 Å². The molecule has 0 N–H and O–H groups in total. The van der Waals surface area contributed by atoms with Crippen LogP contribution in [0.25, 0.3) is 11.3 Å². The van der Waals surface area contributed by atoms with Gasteiger partial charge in [0, 0.05) is 17.6 Å². The van der Waals surface area contributed by atoms with E-state index in [2.05, 4.69) is 27.1 Å². The lowest BCUT2D eigenvalue weighted by Crippen LogP contribution is -1.95.